The van der Waals surface area contributed by atoms with Crippen LogP contribution in [0.25, 0.3) is 0 Å². The summed E-state index contributed by atoms with van der Waals surface area (Å²) in [5.41, 5.74) is 1.52. The van der Waals surface area contributed by atoms with Gasteiger partial charge in [-0.1, -0.05) is 0 Å². The minimum absolute atomic E-state index is 0.0707. The molecule has 12 heteroatoms. The van der Waals surface area contributed by atoms with Gasteiger partial charge in [-0.3, -0.25) is 4.90 Å². The second-order valence-corrected chi connectivity index (χ2v) is 9.48. The predicted octanol–water partition coefficient (Wildman–Crippen LogP) is 1.02. The van der Waals surface area contributed by atoms with Crippen LogP contribution in [-0.2, 0) is 23.1 Å². The van der Waals surface area contributed by atoms with Crippen molar-refractivity contribution in [3.8, 4) is 0 Å². The third-order valence-electron chi connectivity index (χ3n) is 5.54. The Bertz CT molecular complexity index is 1070. The zero-order chi connectivity index (χ0) is 21.6. The van der Waals surface area contributed by atoms with E-state index in [1.807, 2.05) is 0 Å². The van der Waals surface area contributed by atoms with Crippen LogP contribution in [0.2, 0.25) is 0 Å². The Kier molecular flexibility index (Phi) is 5.24. The molecule has 3 atom stereocenters. The van der Waals surface area contributed by atoms with E-state index in [4.69, 9.17) is 0 Å². The maximum absolute atomic E-state index is 14.3. The highest BCUT2D eigenvalue weighted by atomic mass is 32.2. The van der Waals surface area contributed by atoms with Crippen molar-refractivity contribution < 1.29 is 27.1 Å². The molecule has 30 heavy (non-hydrogen) atoms. The molecule has 1 aromatic carbocycles. The molecule has 2 aliphatic rings. The van der Waals surface area contributed by atoms with E-state index in [2.05, 4.69) is 20.6 Å². The van der Waals surface area contributed by atoms with Crippen LogP contribution in [0.3, 0.4) is 0 Å². The number of fused-ring (bicyclic) bond motifs is 1. The molecule has 3 heterocycles. The van der Waals surface area contributed by atoms with Gasteiger partial charge in [0.2, 0.25) is 0 Å². The van der Waals surface area contributed by atoms with Gasteiger partial charge in [0.25, 0.3) is 10.0 Å². The number of rotatable bonds is 4. The molecule has 1 fully saturated rings. The SMILES string of the molecule is CS(=O)(=O)n1cc2c(n1)CN([C@@H]1CN[C@@H](c3cc(F)ccc3F)[C@@H](NC(=O)O)C1)C2. The van der Waals surface area contributed by atoms with E-state index < -0.39 is 39.8 Å². The minimum atomic E-state index is -3.46. The number of carbonyl (C=O) groups is 1. The zero-order valence-electron chi connectivity index (χ0n) is 16.0. The van der Waals surface area contributed by atoms with Crippen molar-refractivity contribution in [3.63, 3.8) is 0 Å². The van der Waals surface area contributed by atoms with Crippen LogP contribution in [0.4, 0.5) is 13.6 Å². The Morgan fingerprint density at radius 3 is 2.77 bits per heavy atom. The molecule has 2 aromatic rings. The third kappa shape index (κ3) is 4.02. The van der Waals surface area contributed by atoms with Gasteiger partial charge in [0, 0.05) is 43.0 Å². The number of benzene rings is 1. The van der Waals surface area contributed by atoms with Crippen LogP contribution in [0.5, 0.6) is 0 Å². The van der Waals surface area contributed by atoms with E-state index >= 15 is 0 Å². The van der Waals surface area contributed by atoms with Crippen LogP contribution in [0, 0.1) is 11.6 Å². The van der Waals surface area contributed by atoms with Crippen LogP contribution < -0.4 is 10.6 Å². The fourth-order valence-corrected chi connectivity index (χ4v) is 4.72. The summed E-state index contributed by atoms with van der Waals surface area (Å²) < 4.78 is 52.2. The van der Waals surface area contributed by atoms with Crippen molar-refractivity contribution in [2.24, 2.45) is 0 Å². The lowest BCUT2D eigenvalue weighted by Gasteiger charge is -2.40. The molecule has 9 nitrogen and oxygen atoms in total. The zero-order valence-corrected chi connectivity index (χ0v) is 16.9. The maximum atomic E-state index is 14.3. The average Bonchev–Trinajstić information content (AvgIpc) is 3.22. The Hall–Kier alpha value is -2.57. The predicted molar refractivity (Wildman–Crippen MR) is 102 cm³/mol. The monoisotopic (exact) mass is 441 g/mol. The summed E-state index contributed by atoms with van der Waals surface area (Å²) in [6.45, 7) is 1.31. The molecular weight excluding hydrogens is 420 g/mol. The highest BCUT2D eigenvalue weighted by Crippen LogP contribution is 2.32. The maximum Gasteiger partial charge on any atom is 0.404 e. The number of nitrogens with one attached hydrogen (secondary N) is 2. The van der Waals surface area contributed by atoms with Gasteiger partial charge < -0.3 is 15.7 Å². The molecule has 0 radical (unpaired) electrons. The average molecular weight is 441 g/mol. The van der Waals surface area contributed by atoms with Crippen LogP contribution in [0.1, 0.15) is 29.3 Å². The fraction of sp³-hybridized carbons (Fsp3) is 0.444. The molecule has 1 saturated heterocycles. The molecule has 0 unspecified atom stereocenters. The number of piperidine rings is 1. The topological polar surface area (TPSA) is 117 Å². The first-order chi connectivity index (χ1) is 14.1. The van der Waals surface area contributed by atoms with Gasteiger partial charge >= 0.3 is 6.09 Å². The van der Waals surface area contributed by atoms with Crippen molar-refractivity contribution in [2.45, 2.75) is 37.6 Å². The van der Waals surface area contributed by atoms with Crippen LogP contribution in [-0.4, -0.2) is 58.6 Å². The standard InChI is InChI=1S/C18H21F2N5O4S/c1-30(28,29)25-8-10-7-24(9-16(10)23-25)12-5-15(22-18(26)27)17(21-6-12)13-4-11(19)2-3-14(13)20/h2-4,8,12,15,17,21-22H,5-7,9H2,1H3,(H,26,27)/t12-,15-,17-/m0/s1. The van der Waals surface area contributed by atoms with E-state index in [9.17, 15) is 27.1 Å². The first-order valence-electron chi connectivity index (χ1n) is 9.31. The summed E-state index contributed by atoms with van der Waals surface area (Å²) in [5, 5.41) is 18.9. The molecule has 0 saturated carbocycles. The van der Waals surface area contributed by atoms with Crippen molar-refractivity contribution in [3.05, 3.63) is 52.9 Å². The summed E-state index contributed by atoms with van der Waals surface area (Å²) >= 11 is 0. The van der Waals surface area contributed by atoms with E-state index in [0.717, 1.165) is 34.1 Å². The lowest BCUT2D eigenvalue weighted by Crippen LogP contribution is -2.56. The van der Waals surface area contributed by atoms with Gasteiger partial charge in [-0.2, -0.15) is 9.19 Å². The molecule has 3 N–H and O–H groups in total. The number of amides is 1. The first-order valence-corrected chi connectivity index (χ1v) is 11.2. The fourth-order valence-electron chi connectivity index (χ4n) is 4.16. The molecular formula is C18H21F2N5O4S. The van der Waals surface area contributed by atoms with Crippen molar-refractivity contribution >= 4 is 16.1 Å². The molecule has 2 aliphatic heterocycles. The lowest BCUT2D eigenvalue weighted by molar-refractivity contribution is 0.121. The van der Waals surface area contributed by atoms with Gasteiger partial charge in [0.1, 0.15) is 11.6 Å². The van der Waals surface area contributed by atoms with Gasteiger partial charge in [-0.25, -0.2) is 22.0 Å². The quantitative estimate of drug-likeness (QED) is 0.649. The summed E-state index contributed by atoms with van der Waals surface area (Å²) in [4.78, 5) is 13.4. The summed E-state index contributed by atoms with van der Waals surface area (Å²) in [5.74, 6) is -1.21. The number of aromatic nitrogens is 2. The molecule has 1 amide bonds. The first kappa shape index (κ1) is 20.7. The van der Waals surface area contributed by atoms with Gasteiger partial charge in [0.05, 0.1) is 24.0 Å². The van der Waals surface area contributed by atoms with E-state index in [-0.39, 0.29) is 11.6 Å². The number of hydrogen-bond donors (Lipinski definition) is 3. The van der Waals surface area contributed by atoms with Crippen LogP contribution in [0.15, 0.2) is 24.4 Å². The molecule has 162 valence electrons. The number of hydrogen-bond acceptors (Lipinski definition) is 6. The highest BCUT2D eigenvalue weighted by Gasteiger charge is 2.38. The van der Waals surface area contributed by atoms with E-state index in [1.165, 1.54) is 6.20 Å². The second-order valence-electron chi connectivity index (χ2n) is 7.64. The molecule has 4 rings (SSSR count). The van der Waals surface area contributed by atoms with Gasteiger partial charge in [-0.05, 0) is 24.6 Å². The number of carboxylic acid groups (broad SMARTS) is 1. The lowest BCUT2D eigenvalue weighted by atomic mass is 9.89. The van der Waals surface area contributed by atoms with Crippen LogP contribution >= 0.6 is 0 Å². The Morgan fingerprint density at radius 1 is 1.33 bits per heavy atom. The molecule has 1 aromatic heterocycles. The smallest absolute Gasteiger partial charge is 0.404 e. The second kappa shape index (κ2) is 7.60. The molecule has 0 bridgehead atoms. The number of halogens is 2. The molecule has 0 aliphatic carbocycles. The highest BCUT2D eigenvalue weighted by molar-refractivity contribution is 7.89. The van der Waals surface area contributed by atoms with Crippen molar-refractivity contribution in [2.75, 3.05) is 12.8 Å². The van der Waals surface area contributed by atoms with Crippen molar-refractivity contribution in [1.29, 1.82) is 0 Å². The largest absolute Gasteiger partial charge is 0.465 e. The Labute approximate surface area is 171 Å². The molecule has 0 spiro atoms. The summed E-state index contributed by atoms with van der Waals surface area (Å²) in [6.07, 6.45) is 1.68. The number of nitrogens with zero attached hydrogens (tertiary/aromatic N) is 3. The van der Waals surface area contributed by atoms with Gasteiger partial charge in [-0.15, -0.1) is 0 Å². The van der Waals surface area contributed by atoms with Gasteiger partial charge in [0.15, 0.2) is 0 Å². The third-order valence-corrected chi connectivity index (χ3v) is 6.41. The Balaban J connectivity index is 1.51. The Morgan fingerprint density at radius 2 is 2.10 bits per heavy atom. The summed E-state index contributed by atoms with van der Waals surface area (Å²) in [7, 11) is -3.46. The van der Waals surface area contributed by atoms with E-state index in [1.54, 1.807) is 0 Å². The normalized spacial score (nSPS) is 24.6. The van der Waals surface area contributed by atoms with Crippen molar-refractivity contribution in [1.82, 2.24) is 24.7 Å². The summed E-state index contributed by atoms with van der Waals surface area (Å²) in [6, 6.07) is 1.62. The minimum Gasteiger partial charge on any atom is -0.465 e. The van der Waals surface area contributed by atoms with E-state index in [0.29, 0.717) is 31.7 Å².